The molecule has 0 bridgehead atoms. The first-order chi connectivity index (χ1) is 7.75. The van der Waals surface area contributed by atoms with Gasteiger partial charge in [-0.05, 0) is 37.9 Å². The highest BCUT2D eigenvalue weighted by Crippen LogP contribution is 2.02. The quantitative estimate of drug-likeness (QED) is 0.710. The van der Waals surface area contributed by atoms with Crippen molar-refractivity contribution in [3.8, 4) is 0 Å². The summed E-state index contributed by atoms with van der Waals surface area (Å²) in [6, 6.07) is 3.71. The summed E-state index contributed by atoms with van der Waals surface area (Å²) >= 11 is 0. The van der Waals surface area contributed by atoms with Crippen LogP contribution < -0.4 is 11.1 Å². The van der Waals surface area contributed by atoms with Crippen LogP contribution in [-0.4, -0.2) is 24.0 Å². The van der Waals surface area contributed by atoms with Crippen molar-refractivity contribution >= 4 is 5.91 Å². The zero-order chi connectivity index (χ0) is 11.8. The van der Waals surface area contributed by atoms with Gasteiger partial charge in [-0.3, -0.25) is 9.78 Å². The van der Waals surface area contributed by atoms with Crippen molar-refractivity contribution in [2.24, 2.45) is 5.73 Å². The fraction of sp³-hybridized carbons (Fsp3) is 0.500. The van der Waals surface area contributed by atoms with Gasteiger partial charge in [0.25, 0.3) is 5.91 Å². The molecule has 4 heteroatoms. The number of nitrogens with two attached hydrogens (primary N) is 1. The van der Waals surface area contributed by atoms with E-state index in [1.165, 1.54) is 0 Å². The Morgan fingerprint density at radius 3 is 2.94 bits per heavy atom. The van der Waals surface area contributed by atoms with Crippen LogP contribution in [0.4, 0.5) is 0 Å². The molecule has 88 valence electrons. The molecule has 3 N–H and O–H groups in total. The first-order valence-electron chi connectivity index (χ1n) is 5.65. The SMILES string of the molecule is Cc1cccnc1C(=O)NCCCCCN. The average Bonchev–Trinajstić information content (AvgIpc) is 2.29. The van der Waals surface area contributed by atoms with Gasteiger partial charge < -0.3 is 11.1 Å². The van der Waals surface area contributed by atoms with Crippen LogP contribution in [0, 0.1) is 6.92 Å². The van der Waals surface area contributed by atoms with Gasteiger partial charge in [0, 0.05) is 12.7 Å². The molecule has 0 radical (unpaired) electrons. The highest BCUT2D eigenvalue weighted by atomic mass is 16.1. The van der Waals surface area contributed by atoms with E-state index in [4.69, 9.17) is 5.73 Å². The Hall–Kier alpha value is -1.42. The summed E-state index contributed by atoms with van der Waals surface area (Å²) in [6.07, 6.45) is 4.67. The van der Waals surface area contributed by atoms with E-state index in [0.29, 0.717) is 18.8 Å². The molecular formula is C12H19N3O. The number of unbranched alkanes of at least 4 members (excludes halogenated alkanes) is 2. The number of hydrogen-bond donors (Lipinski definition) is 2. The van der Waals surface area contributed by atoms with Gasteiger partial charge in [0.15, 0.2) is 0 Å². The second-order valence-corrected chi connectivity index (χ2v) is 3.77. The van der Waals surface area contributed by atoms with E-state index >= 15 is 0 Å². The molecule has 0 saturated heterocycles. The van der Waals surface area contributed by atoms with Crippen molar-refractivity contribution in [1.29, 1.82) is 0 Å². The number of aromatic nitrogens is 1. The maximum absolute atomic E-state index is 11.7. The smallest absolute Gasteiger partial charge is 0.270 e. The maximum Gasteiger partial charge on any atom is 0.270 e. The third-order valence-electron chi connectivity index (χ3n) is 2.39. The first kappa shape index (κ1) is 12.6. The summed E-state index contributed by atoms with van der Waals surface area (Å²) in [5.74, 6) is -0.0918. The van der Waals surface area contributed by atoms with Crippen LogP contribution >= 0.6 is 0 Å². The van der Waals surface area contributed by atoms with E-state index in [0.717, 1.165) is 24.8 Å². The van der Waals surface area contributed by atoms with Crippen LogP contribution in [0.15, 0.2) is 18.3 Å². The largest absolute Gasteiger partial charge is 0.351 e. The normalized spacial score (nSPS) is 10.1. The molecule has 0 fully saturated rings. The Morgan fingerprint density at radius 1 is 1.44 bits per heavy atom. The Morgan fingerprint density at radius 2 is 2.25 bits per heavy atom. The van der Waals surface area contributed by atoms with Gasteiger partial charge in [-0.2, -0.15) is 0 Å². The van der Waals surface area contributed by atoms with E-state index in [-0.39, 0.29) is 5.91 Å². The number of nitrogens with one attached hydrogen (secondary N) is 1. The Bertz CT molecular complexity index is 339. The van der Waals surface area contributed by atoms with E-state index in [2.05, 4.69) is 10.3 Å². The van der Waals surface area contributed by atoms with Crippen LogP contribution in [0.25, 0.3) is 0 Å². The lowest BCUT2D eigenvalue weighted by molar-refractivity contribution is 0.0947. The molecule has 0 saturated carbocycles. The van der Waals surface area contributed by atoms with Crippen molar-refractivity contribution < 1.29 is 4.79 Å². The molecule has 0 aliphatic carbocycles. The highest BCUT2D eigenvalue weighted by molar-refractivity contribution is 5.93. The summed E-state index contributed by atoms with van der Waals surface area (Å²) < 4.78 is 0. The lowest BCUT2D eigenvalue weighted by Gasteiger charge is -2.06. The van der Waals surface area contributed by atoms with Gasteiger partial charge in [0.05, 0.1) is 0 Å². The Labute approximate surface area is 96.3 Å². The minimum absolute atomic E-state index is 0.0918. The van der Waals surface area contributed by atoms with E-state index in [9.17, 15) is 4.79 Å². The van der Waals surface area contributed by atoms with Crippen LogP contribution in [-0.2, 0) is 0 Å². The number of carbonyl (C=O) groups is 1. The van der Waals surface area contributed by atoms with Gasteiger partial charge in [0.1, 0.15) is 5.69 Å². The average molecular weight is 221 g/mol. The second-order valence-electron chi connectivity index (χ2n) is 3.77. The van der Waals surface area contributed by atoms with Crippen LogP contribution in [0.2, 0.25) is 0 Å². The standard InChI is InChI=1S/C12H19N3O/c1-10-6-5-9-14-11(10)12(16)15-8-4-2-3-7-13/h5-6,9H,2-4,7-8,13H2,1H3,(H,15,16). The first-order valence-corrected chi connectivity index (χ1v) is 5.65. The monoisotopic (exact) mass is 221 g/mol. The van der Waals surface area contributed by atoms with Crippen molar-refractivity contribution in [3.63, 3.8) is 0 Å². The number of pyridine rings is 1. The molecule has 0 aliphatic rings. The zero-order valence-corrected chi connectivity index (χ0v) is 9.70. The number of rotatable bonds is 6. The van der Waals surface area contributed by atoms with E-state index < -0.39 is 0 Å². The molecule has 16 heavy (non-hydrogen) atoms. The number of carbonyl (C=O) groups excluding carboxylic acids is 1. The number of aryl methyl sites for hydroxylation is 1. The van der Waals surface area contributed by atoms with Crippen LogP contribution in [0.3, 0.4) is 0 Å². The predicted octanol–water partition coefficient (Wildman–Crippen LogP) is 1.25. The van der Waals surface area contributed by atoms with Crippen molar-refractivity contribution in [2.45, 2.75) is 26.2 Å². The topological polar surface area (TPSA) is 68.0 Å². The molecule has 1 aromatic heterocycles. The second kappa shape index (κ2) is 6.95. The molecule has 1 heterocycles. The molecule has 0 spiro atoms. The summed E-state index contributed by atoms with van der Waals surface area (Å²) in [5, 5.41) is 2.86. The minimum atomic E-state index is -0.0918. The van der Waals surface area contributed by atoms with Gasteiger partial charge in [-0.25, -0.2) is 0 Å². The molecule has 1 aromatic rings. The lowest BCUT2D eigenvalue weighted by atomic mass is 10.2. The van der Waals surface area contributed by atoms with Crippen LogP contribution in [0.1, 0.15) is 35.3 Å². The van der Waals surface area contributed by atoms with E-state index in [1.807, 2.05) is 19.1 Å². The molecule has 0 aliphatic heterocycles. The van der Waals surface area contributed by atoms with Gasteiger partial charge in [-0.1, -0.05) is 12.5 Å². The predicted molar refractivity (Wildman–Crippen MR) is 64.2 cm³/mol. The summed E-state index contributed by atoms with van der Waals surface area (Å²) in [5.41, 5.74) is 6.80. The third kappa shape index (κ3) is 3.98. The Kier molecular flexibility index (Phi) is 5.50. The van der Waals surface area contributed by atoms with Gasteiger partial charge in [-0.15, -0.1) is 0 Å². The summed E-state index contributed by atoms with van der Waals surface area (Å²) in [4.78, 5) is 15.8. The molecule has 4 nitrogen and oxygen atoms in total. The number of hydrogen-bond acceptors (Lipinski definition) is 3. The summed E-state index contributed by atoms with van der Waals surface area (Å²) in [7, 11) is 0. The number of nitrogens with zero attached hydrogens (tertiary/aromatic N) is 1. The fourth-order valence-electron chi connectivity index (χ4n) is 1.46. The maximum atomic E-state index is 11.7. The van der Waals surface area contributed by atoms with Crippen molar-refractivity contribution in [1.82, 2.24) is 10.3 Å². The highest BCUT2D eigenvalue weighted by Gasteiger charge is 2.08. The molecular weight excluding hydrogens is 202 g/mol. The van der Waals surface area contributed by atoms with Gasteiger partial charge in [0.2, 0.25) is 0 Å². The molecule has 0 atom stereocenters. The van der Waals surface area contributed by atoms with E-state index in [1.54, 1.807) is 6.20 Å². The lowest BCUT2D eigenvalue weighted by Crippen LogP contribution is -2.26. The van der Waals surface area contributed by atoms with Crippen LogP contribution in [0.5, 0.6) is 0 Å². The summed E-state index contributed by atoms with van der Waals surface area (Å²) in [6.45, 7) is 3.29. The van der Waals surface area contributed by atoms with Gasteiger partial charge >= 0.3 is 0 Å². The van der Waals surface area contributed by atoms with Crippen molar-refractivity contribution in [2.75, 3.05) is 13.1 Å². The Balaban J connectivity index is 2.33. The molecule has 1 rings (SSSR count). The fourth-order valence-corrected chi connectivity index (χ4v) is 1.46. The molecule has 0 unspecified atom stereocenters. The zero-order valence-electron chi connectivity index (χ0n) is 9.70. The minimum Gasteiger partial charge on any atom is -0.351 e. The molecule has 0 aromatic carbocycles. The number of amides is 1. The van der Waals surface area contributed by atoms with Crippen molar-refractivity contribution in [3.05, 3.63) is 29.6 Å². The molecule has 1 amide bonds. The third-order valence-corrected chi connectivity index (χ3v) is 2.39.